The quantitative estimate of drug-likeness (QED) is 0.517. The summed E-state index contributed by atoms with van der Waals surface area (Å²) in [5, 5.41) is 1.59. The summed E-state index contributed by atoms with van der Waals surface area (Å²) in [5.74, 6) is 0.0229. The Bertz CT molecular complexity index is 1120. The Labute approximate surface area is 192 Å². The maximum absolute atomic E-state index is 15.5. The molecule has 2 aromatic carbocycles. The van der Waals surface area contributed by atoms with E-state index in [0.29, 0.717) is 44.0 Å². The molecule has 0 saturated carbocycles. The zero-order chi connectivity index (χ0) is 22.1. The summed E-state index contributed by atoms with van der Waals surface area (Å²) in [6.45, 7) is 1.55. The van der Waals surface area contributed by atoms with Crippen LogP contribution in [-0.2, 0) is 16.0 Å². The van der Waals surface area contributed by atoms with Gasteiger partial charge in [0.2, 0.25) is 0 Å². The molecule has 0 aliphatic carbocycles. The van der Waals surface area contributed by atoms with Crippen molar-refractivity contribution in [1.82, 2.24) is 9.88 Å². The molecule has 0 unspecified atom stereocenters. The number of pyridine rings is 1. The predicted molar refractivity (Wildman–Crippen MR) is 125 cm³/mol. The van der Waals surface area contributed by atoms with Crippen LogP contribution < -0.4 is 0 Å². The Morgan fingerprint density at radius 3 is 2.62 bits per heavy atom. The number of ether oxygens (including phenoxy) is 1. The summed E-state index contributed by atoms with van der Waals surface area (Å²) >= 11 is 6.64. The maximum atomic E-state index is 15.5. The lowest BCUT2D eigenvalue weighted by atomic mass is 9.86. The first-order chi connectivity index (χ1) is 15.5. The van der Waals surface area contributed by atoms with Gasteiger partial charge < -0.3 is 9.64 Å². The lowest BCUT2D eigenvalue weighted by molar-refractivity contribution is -0.143. The van der Waals surface area contributed by atoms with Crippen LogP contribution in [0.2, 0.25) is 5.02 Å². The molecule has 6 heteroatoms. The lowest BCUT2D eigenvalue weighted by Crippen LogP contribution is -2.48. The molecule has 2 fully saturated rings. The van der Waals surface area contributed by atoms with E-state index in [1.807, 2.05) is 48.5 Å². The molecule has 1 amide bonds. The van der Waals surface area contributed by atoms with Crippen molar-refractivity contribution in [2.24, 2.45) is 0 Å². The Balaban J connectivity index is 1.25. The van der Waals surface area contributed by atoms with Gasteiger partial charge >= 0.3 is 0 Å². The highest BCUT2D eigenvalue weighted by Gasteiger charge is 2.38. The molecule has 2 aliphatic heterocycles. The van der Waals surface area contributed by atoms with Gasteiger partial charge in [-0.2, -0.15) is 0 Å². The summed E-state index contributed by atoms with van der Waals surface area (Å²) < 4.78 is 21.0. The summed E-state index contributed by atoms with van der Waals surface area (Å²) in [6.07, 6.45) is 4.22. The Morgan fingerprint density at radius 2 is 1.91 bits per heavy atom. The van der Waals surface area contributed by atoms with Crippen LogP contribution >= 0.6 is 11.6 Å². The first-order valence-electron chi connectivity index (χ1n) is 11.2. The maximum Gasteiger partial charge on any atom is 0.251 e. The molecule has 1 atom stereocenters. The molecular formula is C26H26ClFN2O2. The van der Waals surface area contributed by atoms with Crippen molar-refractivity contribution in [3.05, 3.63) is 65.3 Å². The smallest absolute Gasteiger partial charge is 0.251 e. The van der Waals surface area contributed by atoms with Gasteiger partial charge in [0, 0.05) is 43.3 Å². The number of hydrogen-bond acceptors (Lipinski definition) is 3. The molecule has 0 spiro atoms. The minimum atomic E-state index is -1.29. The number of rotatable bonds is 4. The van der Waals surface area contributed by atoms with Gasteiger partial charge in [0.05, 0.1) is 10.5 Å². The van der Waals surface area contributed by atoms with Crippen molar-refractivity contribution in [2.45, 2.75) is 43.9 Å². The number of para-hydroxylation sites is 1. The molecular weight excluding hydrogens is 427 g/mol. The fraction of sp³-hybridized carbons (Fsp3) is 0.385. The van der Waals surface area contributed by atoms with E-state index in [-0.39, 0.29) is 12.0 Å². The predicted octanol–water partition coefficient (Wildman–Crippen LogP) is 5.61. The number of alkyl halides is 1. The van der Waals surface area contributed by atoms with Crippen molar-refractivity contribution < 1.29 is 13.9 Å². The Morgan fingerprint density at radius 1 is 1.16 bits per heavy atom. The van der Waals surface area contributed by atoms with E-state index in [1.165, 1.54) is 0 Å². The average molecular weight is 453 g/mol. The first kappa shape index (κ1) is 21.4. The number of likely N-dealkylation sites (tertiary alicyclic amines) is 1. The largest absolute Gasteiger partial charge is 0.368 e. The fourth-order valence-corrected chi connectivity index (χ4v) is 5.08. The molecule has 5 rings (SSSR count). The van der Waals surface area contributed by atoms with Gasteiger partial charge in [-0.05, 0) is 42.9 Å². The van der Waals surface area contributed by atoms with Gasteiger partial charge in [0.1, 0.15) is 11.8 Å². The molecule has 4 nitrogen and oxygen atoms in total. The summed E-state index contributed by atoms with van der Waals surface area (Å²) in [6, 6.07) is 15.7. The number of halogens is 2. The van der Waals surface area contributed by atoms with Crippen LogP contribution in [0.1, 0.15) is 31.2 Å². The highest BCUT2D eigenvalue weighted by molar-refractivity contribution is 6.38. The SMILES string of the molecule is O=C([C@H]1CCCO1)N1CCC(F)(Cc2ccc(-c3cnc4ccccc4c3Cl)cc2)CC1. The van der Waals surface area contributed by atoms with E-state index >= 15 is 4.39 Å². The van der Waals surface area contributed by atoms with Crippen molar-refractivity contribution in [3.63, 3.8) is 0 Å². The van der Waals surface area contributed by atoms with Crippen LogP contribution in [-0.4, -0.2) is 47.3 Å². The van der Waals surface area contributed by atoms with Gasteiger partial charge in [-0.15, -0.1) is 0 Å². The second-order valence-electron chi connectivity index (χ2n) is 8.85. The molecule has 1 aromatic heterocycles. The molecule has 2 saturated heterocycles. The molecule has 0 bridgehead atoms. The zero-order valence-electron chi connectivity index (χ0n) is 17.9. The standard InChI is InChI=1S/C26H26ClFN2O2/c27-24-20-4-1-2-5-22(20)29-17-21(24)19-9-7-18(8-10-19)16-26(28)11-13-30(14-12-26)25(31)23-6-3-15-32-23/h1-2,4-5,7-10,17,23H,3,6,11-16H2/t23-/m1/s1. The normalized spacial score (nSPS) is 20.6. The molecule has 0 radical (unpaired) electrons. The van der Waals surface area contributed by atoms with E-state index in [0.717, 1.165) is 40.4 Å². The highest BCUT2D eigenvalue weighted by atomic mass is 35.5. The topological polar surface area (TPSA) is 42.4 Å². The molecule has 32 heavy (non-hydrogen) atoms. The van der Waals surface area contributed by atoms with Gasteiger partial charge in [0.15, 0.2) is 0 Å². The summed E-state index contributed by atoms with van der Waals surface area (Å²) in [7, 11) is 0. The lowest BCUT2D eigenvalue weighted by Gasteiger charge is -2.37. The van der Waals surface area contributed by atoms with Crippen LogP contribution in [0.15, 0.2) is 54.7 Å². The number of aromatic nitrogens is 1. The van der Waals surface area contributed by atoms with Gasteiger partial charge in [0.25, 0.3) is 5.91 Å². The third-order valence-corrected chi connectivity index (χ3v) is 7.08. The number of amides is 1. The number of piperidine rings is 1. The molecule has 2 aliphatic rings. The van der Waals surface area contributed by atoms with Crippen LogP contribution in [0.25, 0.3) is 22.0 Å². The molecule has 166 valence electrons. The fourth-order valence-electron chi connectivity index (χ4n) is 4.76. The van der Waals surface area contributed by atoms with E-state index < -0.39 is 5.67 Å². The Hall–Kier alpha value is -2.50. The van der Waals surface area contributed by atoms with Crippen molar-refractivity contribution >= 4 is 28.4 Å². The number of carbonyl (C=O) groups is 1. The second kappa shape index (κ2) is 8.80. The number of benzene rings is 2. The second-order valence-corrected chi connectivity index (χ2v) is 9.23. The van der Waals surface area contributed by atoms with Crippen LogP contribution in [0.3, 0.4) is 0 Å². The van der Waals surface area contributed by atoms with Gasteiger partial charge in [-0.25, -0.2) is 4.39 Å². The molecule has 0 N–H and O–H groups in total. The highest BCUT2D eigenvalue weighted by Crippen LogP contribution is 2.35. The van der Waals surface area contributed by atoms with Crippen molar-refractivity contribution in [2.75, 3.05) is 19.7 Å². The minimum Gasteiger partial charge on any atom is -0.368 e. The first-order valence-corrected chi connectivity index (χ1v) is 11.6. The minimum absolute atomic E-state index is 0.0229. The zero-order valence-corrected chi connectivity index (χ0v) is 18.7. The number of nitrogens with zero attached hydrogens (tertiary/aromatic N) is 2. The van der Waals surface area contributed by atoms with Crippen LogP contribution in [0.5, 0.6) is 0 Å². The molecule has 3 heterocycles. The number of hydrogen-bond donors (Lipinski definition) is 0. The van der Waals surface area contributed by atoms with Crippen molar-refractivity contribution in [1.29, 1.82) is 0 Å². The van der Waals surface area contributed by atoms with E-state index in [9.17, 15) is 4.79 Å². The third-order valence-electron chi connectivity index (χ3n) is 6.67. The van der Waals surface area contributed by atoms with Crippen LogP contribution in [0.4, 0.5) is 4.39 Å². The van der Waals surface area contributed by atoms with E-state index in [1.54, 1.807) is 11.1 Å². The van der Waals surface area contributed by atoms with Crippen LogP contribution in [0, 0.1) is 0 Å². The Kier molecular flexibility index (Phi) is 5.87. The number of fused-ring (bicyclic) bond motifs is 1. The van der Waals surface area contributed by atoms with E-state index in [2.05, 4.69) is 4.98 Å². The third kappa shape index (κ3) is 4.24. The summed E-state index contributed by atoms with van der Waals surface area (Å²) in [4.78, 5) is 18.8. The number of carbonyl (C=O) groups excluding carboxylic acids is 1. The van der Waals surface area contributed by atoms with Gasteiger partial charge in [-0.3, -0.25) is 9.78 Å². The van der Waals surface area contributed by atoms with Crippen molar-refractivity contribution in [3.8, 4) is 11.1 Å². The summed E-state index contributed by atoms with van der Waals surface area (Å²) in [5.41, 5.74) is 2.34. The monoisotopic (exact) mass is 452 g/mol. The average Bonchev–Trinajstić information content (AvgIpc) is 3.35. The van der Waals surface area contributed by atoms with E-state index in [4.69, 9.17) is 16.3 Å². The van der Waals surface area contributed by atoms with Gasteiger partial charge in [-0.1, -0.05) is 54.1 Å². The molecule has 3 aromatic rings.